The number of alkyl halides is 6. The Labute approximate surface area is 337 Å². The minimum Gasteiger partial charge on any atom is -0.493 e. The third-order valence-electron chi connectivity index (χ3n) is 8.17. The molecule has 3 aromatic carbocycles. The van der Waals surface area contributed by atoms with Crippen LogP contribution in [0.3, 0.4) is 0 Å². The van der Waals surface area contributed by atoms with Gasteiger partial charge < -0.3 is 15.4 Å². The molecule has 0 spiro atoms. The van der Waals surface area contributed by atoms with E-state index in [1.54, 1.807) is 36.4 Å². The lowest BCUT2D eigenvalue weighted by Gasteiger charge is -2.33. The molecule has 6 N–H and O–H groups in total. The molecular weight excluding hydrogens is 782 g/mol. The summed E-state index contributed by atoms with van der Waals surface area (Å²) in [6, 6.07) is 17.3. The monoisotopic (exact) mass is 830 g/mol. The molecule has 0 bridgehead atoms. The van der Waals surface area contributed by atoms with E-state index >= 15 is 0 Å². The molecule has 0 atom stereocenters. The van der Waals surface area contributed by atoms with Gasteiger partial charge in [-0.05, 0) is 88.3 Å². The van der Waals surface area contributed by atoms with Crippen molar-refractivity contribution in [1.29, 1.82) is 0 Å². The van der Waals surface area contributed by atoms with Crippen LogP contribution in [0.25, 0.3) is 21.8 Å². The van der Waals surface area contributed by atoms with Gasteiger partial charge in [0.25, 0.3) is 0 Å². The van der Waals surface area contributed by atoms with Gasteiger partial charge in [0.1, 0.15) is 5.75 Å². The van der Waals surface area contributed by atoms with Crippen molar-refractivity contribution in [3.05, 3.63) is 89.5 Å². The normalized spacial score (nSPS) is 11.9. The molecule has 4 amide bonds. The molecule has 0 saturated carbocycles. The van der Waals surface area contributed by atoms with Gasteiger partial charge in [-0.25, -0.2) is 29.5 Å². The summed E-state index contributed by atoms with van der Waals surface area (Å²) < 4.78 is 83.9. The number of nitrogens with one attached hydrogen (secondary N) is 6. The van der Waals surface area contributed by atoms with E-state index in [1.165, 1.54) is 17.7 Å². The second-order valence-electron chi connectivity index (χ2n) is 15.5. The molecule has 5 aromatic rings. The zero-order valence-electron chi connectivity index (χ0n) is 33.7. The lowest BCUT2D eigenvalue weighted by atomic mass is 9.82. The summed E-state index contributed by atoms with van der Waals surface area (Å²) in [5.74, 6) is -2.00. The highest BCUT2D eigenvalue weighted by Gasteiger charge is 2.36. The van der Waals surface area contributed by atoms with E-state index in [0.717, 1.165) is 17.7 Å². The number of hydrogen-bond donors (Lipinski definition) is 6. The Kier molecular flexibility index (Phi) is 14.7. The number of rotatable bonds is 12. The number of unbranched alkanes of at least 4 members (excludes halogenated alkanes) is 1. The SMILES string of the molecule is CC(C)(C)CC(C)(C)NC(=O)NNc1nc(C(F)(F)F)nc2ccccc12.Cc1ccc(OCCCCNC(=O)NNc2nc(C(F)(F)F)nc3ccccc23)c(C)c1. The fourth-order valence-electron chi connectivity index (χ4n) is 6.15. The third kappa shape index (κ3) is 14.3. The van der Waals surface area contributed by atoms with Gasteiger partial charge in [-0.3, -0.25) is 21.7 Å². The summed E-state index contributed by atoms with van der Waals surface area (Å²) in [5, 5.41) is 6.14. The predicted molar refractivity (Wildman–Crippen MR) is 213 cm³/mol. The second kappa shape index (κ2) is 19.1. The zero-order chi connectivity index (χ0) is 43.6. The number of halogens is 6. The molecule has 0 aliphatic carbocycles. The number of hydrazine groups is 2. The minimum absolute atomic E-state index is 0.00528. The van der Waals surface area contributed by atoms with Crippen LogP contribution in [0, 0.1) is 19.3 Å². The van der Waals surface area contributed by atoms with E-state index in [4.69, 9.17) is 4.74 Å². The molecule has 0 aliphatic rings. The van der Waals surface area contributed by atoms with Gasteiger partial charge in [-0.15, -0.1) is 0 Å². The number of carbonyl (C=O) groups excluding carboxylic acids is 2. The van der Waals surface area contributed by atoms with Crippen molar-refractivity contribution in [3.63, 3.8) is 0 Å². The summed E-state index contributed by atoms with van der Waals surface area (Å²) >= 11 is 0. The van der Waals surface area contributed by atoms with Crippen molar-refractivity contribution in [3.8, 4) is 5.75 Å². The van der Waals surface area contributed by atoms with Crippen LogP contribution in [0.1, 0.15) is 76.7 Å². The Hall–Kier alpha value is -6.14. The van der Waals surface area contributed by atoms with E-state index in [2.05, 4.69) is 73.0 Å². The molecule has 0 saturated heterocycles. The van der Waals surface area contributed by atoms with Crippen LogP contribution in [-0.4, -0.2) is 50.7 Å². The van der Waals surface area contributed by atoms with E-state index in [1.807, 2.05) is 45.9 Å². The van der Waals surface area contributed by atoms with Crippen molar-refractivity contribution >= 4 is 45.5 Å². The number of amides is 4. The number of aromatic nitrogens is 4. The maximum atomic E-state index is 13.0. The fraction of sp³-hybridized carbons (Fsp3) is 0.400. The lowest BCUT2D eigenvalue weighted by molar-refractivity contribution is -0.145. The van der Waals surface area contributed by atoms with Gasteiger partial charge in [-0.2, -0.15) is 26.3 Å². The van der Waals surface area contributed by atoms with Gasteiger partial charge in [0.15, 0.2) is 11.6 Å². The number of carbonyl (C=O) groups is 2. The van der Waals surface area contributed by atoms with Crippen molar-refractivity contribution in [2.24, 2.45) is 5.41 Å². The Morgan fingerprint density at radius 1 is 0.661 bits per heavy atom. The maximum absolute atomic E-state index is 13.0. The highest BCUT2D eigenvalue weighted by atomic mass is 19.4. The quantitative estimate of drug-likeness (QED) is 0.0408. The predicted octanol–water partition coefficient (Wildman–Crippen LogP) is 9.24. The number of hydrogen-bond acceptors (Lipinski definition) is 9. The van der Waals surface area contributed by atoms with Gasteiger partial charge >= 0.3 is 24.4 Å². The van der Waals surface area contributed by atoms with Crippen LogP contribution >= 0.6 is 0 Å². The summed E-state index contributed by atoms with van der Waals surface area (Å²) in [6.45, 7) is 14.8. The molecule has 19 heteroatoms. The Morgan fingerprint density at radius 3 is 1.66 bits per heavy atom. The first kappa shape index (κ1) is 45.6. The summed E-state index contributed by atoms with van der Waals surface area (Å²) in [4.78, 5) is 38.2. The van der Waals surface area contributed by atoms with Gasteiger partial charge in [0.05, 0.1) is 17.6 Å². The van der Waals surface area contributed by atoms with Crippen LogP contribution < -0.4 is 37.1 Å². The van der Waals surface area contributed by atoms with Crippen LogP contribution in [0.5, 0.6) is 5.75 Å². The number of para-hydroxylation sites is 2. The molecule has 2 heterocycles. The molecule has 2 aromatic heterocycles. The van der Waals surface area contributed by atoms with Crippen LogP contribution in [0.4, 0.5) is 47.6 Å². The average Bonchev–Trinajstić information content (AvgIpc) is 3.13. The molecular formula is C40H48F6N10O3. The molecule has 59 heavy (non-hydrogen) atoms. The van der Waals surface area contributed by atoms with Crippen LogP contribution in [0.15, 0.2) is 66.7 Å². The molecule has 0 unspecified atom stereocenters. The molecule has 0 radical (unpaired) electrons. The number of urea groups is 2. The van der Waals surface area contributed by atoms with Crippen molar-refractivity contribution < 1.29 is 40.7 Å². The van der Waals surface area contributed by atoms with Gasteiger partial charge in [-0.1, -0.05) is 62.7 Å². The van der Waals surface area contributed by atoms with E-state index < -0.39 is 41.6 Å². The molecule has 5 rings (SSSR count). The first-order chi connectivity index (χ1) is 27.5. The molecule has 318 valence electrons. The number of nitrogens with zero attached hydrogens (tertiary/aromatic N) is 4. The minimum atomic E-state index is -4.71. The summed E-state index contributed by atoms with van der Waals surface area (Å²) in [5.41, 5.74) is 11.5. The van der Waals surface area contributed by atoms with E-state index in [9.17, 15) is 35.9 Å². The Morgan fingerprint density at radius 2 is 1.17 bits per heavy atom. The number of benzene rings is 3. The summed E-state index contributed by atoms with van der Waals surface area (Å²) in [6.07, 6.45) is -7.29. The smallest absolute Gasteiger partial charge is 0.451 e. The lowest BCUT2D eigenvalue weighted by Crippen LogP contribution is -2.51. The maximum Gasteiger partial charge on any atom is 0.451 e. The largest absolute Gasteiger partial charge is 0.493 e. The van der Waals surface area contributed by atoms with Crippen LogP contribution in [0.2, 0.25) is 0 Å². The molecule has 0 aliphatic heterocycles. The third-order valence-corrected chi connectivity index (χ3v) is 8.17. The number of fused-ring (bicyclic) bond motifs is 2. The Bertz CT molecular complexity index is 2230. The number of aryl methyl sites for hydroxylation is 2. The van der Waals surface area contributed by atoms with Crippen molar-refractivity contribution in [1.82, 2.24) is 41.4 Å². The first-order valence-electron chi connectivity index (χ1n) is 18.5. The van der Waals surface area contributed by atoms with Gasteiger partial charge in [0, 0.05) is 22.9 Å². The average molecular weight is 831 g/mol. The van der Waals surface area contributed by atoms with Crippen LogP contribution in [-0.2, 0) is 12.4 Å². The molecule has 13 nitrogen and oxygen atoms in total. The first-order valence-corrected chi connectivity index (χ1v) is 18.5. The van der Waals surface area contributed by atoms with Gasteiger partial charge in [0.2, 0.25) is 11.6 Å². The summed E-state index contributed by atoms with van der Waals surface area (Å²) in [7, 11) is 0. The van der Waals surface area contributed by atoms with Crippen molar-refractivity contribution in [2.75, 3.05) is 24.0 Å². The topological polar surface area (TPSA) is 167 Å². The van der Waals surface area contributed by atoms with E-state index in [0.29, 0.717) is 36.8 Å². The number of ether oxygens (including phenoxy) is 1. The molecule has 0 fully saturated rings. The number of anilines is 2. The highest BCUT2D eigenvalue weighted by molar-refractivity contribution is 5.91. The Balaban J connectivity index is 0.000000265. The van der Waals surface area contributed by atoms with Crippen molar-refractivity contribution in [2.45, 2.75) is 85.6 Å². The highest BCUT2D eigenvalue weighted by Crippen LogP contribution is 2.32. The standard InChI is InChI=1S/C22H24F3N5O2.C18H24F3N5O/c1-14-9-10-18(15(2)13-14)32-12-6-5-11-26-21(31)30-29-19-16-7-3-4-8-17(16)27-20(28-19)22(23,24)25;1-16(2,3)10-17(4,5)24-15(27)26-25-13-11-8-6-7-9-12(11)22-14(23-13)18(19,20)21/h3-4,7-10,13H,5-6,11-12H2,1-2H3,(H2,26,30,31)(H,27,28,29);6-9H,10H2,1-5H3,(H,22,23,25)(H2,24,26,27). The second-order valence-corrected chi connectivity index (χ2v) is 15.5. The fourth-order valence-corrected chi connectivity index (χ4v) is 6.15. The zero-order valence-corrected chi connectivity index (χ0v) is 33.7. The van der Waals surface area contributed by atoms with E-state index in [-0.39, 0.29) is 28.1 Å².